The summed E-state index contributed by atoms with van der Waals surface area (Å²) in [4.78, 5) is 37.3. The van der Waals surface area contributed by atoms with E-state index in [-0.39, 0.29) is 6.09 Å². The van der Waals surface area contributed by atoms with Crippen molar-refractivity contribution in [1.29, 1.82) is 0 Å². The van der Waals surface area contributed by atoms with Crippen molar-refractivity contribution >= 4 is 50.9 Å². The van der Waals surface area contributed by atoms with E-state index >= 15 is 0 Å². The number of nitrogens with two attached hydrogens (primary N) is 1. The van der Waals surface area contributed by atoms with Gasteiger partial charge >= 0.3 is 12.1 Å². The highest BCUT2D eigenvalue weighted by Crippen LogP contribution is 2.32. The summed E-state index contributed by atoms with van der Waals surface area (Å²) in [6, 6.07) is 14.4. The molecule has 0 unspecified atom stereocenters. The van der Waals surface area contributed by atoms with Gasteiger partial charge in [0, 0.05) is 44.0 Å². The zero-order valence-electron chi connectivity index (χ0n) is 23.1. The number of ether oxygens (including phenoxy) is 1. The van der Waals surface area contributed by atoms with Crippen LogP contribution in [0.5, 0.6) is 0 Å². The monoisotopic (exact) mass is 621 g/mol. The van der Waals surface area contributed by atoms with Crippen LogP contribution in [0.2, 0.25) is 0 Å². The number of anilines is 3. The number of piperazine rings is 1. The topological polar surface area (TPSA) is 143 Å². The lowest BCUT2D eigenvalue weighted by atomic mass is 10.1. The first kappa shape index (κ1) is 28.3. The fraction of sp³-hybridized carbons (Fsp3) is 0.321. The van der Waals surface area contributed by atoms with Crippen molar-refractivity contribution in [3.63, 3.8) is 0 Å². The average Bonchev–Trinajstić information content (AvgIpc) is 3.28. The molecule has 214 valence electrons. The lowest BCUT2D eigenvalue weighted by Gasteiger charge is -2.35. The normalized spacial score (nSPS) is 14.2. The average molecular weight is 623 g/mol. The van der Waals surface area contributed by atoms with Crippen LogP contribution >= 0.6 is 15.9 Å². The lowest BCUT2D eigenvalue weighted by molar-refractivity contribution is 0.0137. The van der Waals surface area contributed by atoms with Crippen LogP contribution in [0.1, 0.15) is 26.5 Å². The predicted molar refractivity (Wildman–Crippen MR) is 160 cm³/mol. The molecular formula is C28H32BrN9O3. The molecule has 3 amide bonds. The van der Waals surface area contributed by atoms with Crippen molar-refractivity contribution in [2.45, 2.75) is 32.9 Å². The molecule has 0 spiro atoms. The summed E-state index contributed by atoms with van der Waals surface area (Å²) in [7, 11) is 0. The number of hydrogen-bond donors (Lipinski definition) is 3. The summed E-state index contributed by atoms with van der Waals surface area (Å²) in [6.07, 6.45) is 1.16. The van der Waals surface area contributed by atoms with Gasteiger partial charge in [-0.15, -0.1) is 0 Å². The molecule has 1 saturated heterocycles. The molecule has 1 fully saturated rings. The molecule has 0 saturated carbocycles. The van der Waals surface area contributed by atoms with Crippen LogP contribution in [0.25, 0.3) is 16.6 Å². The number of carbonyl (C=O) groups is 2. The molecule has 12 nitrogen and oxygen atoms in total. The third kappa shape index (κ3) is 6.92. The molecule has 1 aliphatic rings. The lowest BCUT2D eigenvalue weighted by Crippen LogP contribution is -2.49. The van der Waals surface area contributed by atoms with E-state index in [1.807, 2.05) is 49.6 Å². The number of hydrogen-bond acceptors (Lipinski definition) is 8. The van der Waals surface area contributed by atoms with Crippen LogP contribution < -0.4 is 16.4 Å². The van der Waals surface area contributed by atoms with Gasteiger partial charge in [-0.2, -0.15) is 5.10 Å². The molecule has 4 aromatic rings. The molecule has 4 heterocycles. The SMILES string of the molecule is CC(C)(C)OC(=O)N1CCN(Cc2cc(-c3ccc(NC(=O)Nc4cccc(Br)n4)cc3)c3c(N)ncnn23)CC1. The number of aromatic nitrogens is 4. The van der Waals surface area contributed by atoms with Crippen molar-refractivity contribution in [3.05, 3.63) is 65.2 Å². The third-order valence-electron chi connectivity index (χ3n) is 6.48. The van der Waals surface area contributed by atoms with E-state index in [4.69, 9.17) is 10.5 Å². The number of pyridine rings is 1. The quantitative estimate of drug-likeness (QED) is 0.269. The zero-order chi connectivity index (χ0) is 29.1. The highest BCUT2D eigenvalue weighted by Gasteiger charge is 2.27. The van der Waals surface area contributed by atoms with Crippen LogP contribution in [-0.4, -0.2) is 73.3 Å². The van der Waals surface area contributed by atoms with E-state index in [1.165, 1.54) is 6.33 Å². The second-order valence-electron chi connectivity index (χ2n) is 10.7. The highest BCUT2D eigenvalue weighted by atomic mass is 79.9. The number of carbonyl (C=O) groups excluding carboxylic acids is 2. The molecule has 0 radical (unpaired) electrons. The highest BCUT2D eigenvalue weighted by molar-refractivity contribution is 9.10. The first-order valence-electron chi connectivity index (χ1n) is 13.2. The molecule has 3 aromatic heterocycles. The maximum Gasteiger partial charge on any atom is 0.410 e. The number of amides is 3. The molecule has 13 heteroatoms. The van der Waals surface area contributed by atoms with Gasteiger partial charge < -0.3 is 20.7 Å². The Labute approximate surface area is 246 Å². The minimum Gasteiger partial charge on any atom is -0.444 e. The molecule has 1 aromatic carbocycles. The van der Waals surface area contributed by atoms with Gasteiger partial charge in [-0.3, -0.25) is 10.2 Å². The molecule has 41 heavy (non-hydrogen) atoms. The van der Waals surface area contributed by atoms with Gasteiger partial charge in [0.1, 0.15) is 27.9 Å². The number of urea groups is 1. The fourth-order valence-electron chi connectivity index (χ4n) is 4.60. The standard InChI is InChI=1S/C28H32BrN9O3/c1-28(2,3)41-27(40)37-13-11-36(12-14-37)16-20-15-21(24-25(30)31-17-32-38(20)24)18-7-9-19(10-8-18)33-26(39)35-23-6-4-5-22(29)34-23/h4-10,15,17H,11-14,16H2,1-3H3,(H2,30,31,32)(H2,33,34,35,39). The minimum atomic E-state index is -0.521. The van der Waals surface area contributed by atoms with Gasteiger partial charge in [-0.05, 0) is 72.6 Å². The molecule has 0 bridgehead atoms. The van der Waals surface area contributed by atoms with Crippen molar-refractivity contribution in [3.8, 4) is 11.1 Å². The molecule has 5 rings (SSSR count). The Morgan fingerprint density at radius 2 is 1.78 bits per heavy atom. The predicted octanol–water partition coefficient (Wildman–Crippen LogP) is 4.83. The van der Waals surface area contributed by atoms with Crippen LogP contribution in [0, 0.1) is 0 Å². The summed E-state index contributed by atoms with van der Waals surface area (Å²) >= 11 is 3.29. The second kappa shape index (κ2) is 11.7. The van der Waals surface area contributed by atoms with E-state index in [1.54, 1.807) is 23.1 Å². The number of nitrogens with one attached hydrogen (secondary N) is 2. The first-order valence-corrected chi connectivity index (χ1v) is 14.0. The number of nitrogens with zero attached hydrogens (tertiary/aromatic N) is 6. The smallest absolute Gasteiger partial charge is 0.410 e. The van der Waals surface area contributed by atoms with Gasteiger partial charge in [-0.25, -0.2) is 24.1 Å². The fourth-order valence-corrected chi connectivity index (χ4v) is 4.94. The maximum atomic E-state index is 12.4. The summed E-state index contributed by atoms with van der Waals surface area (Å²) < 4.78 is 7.97. The maximum absolute atomic E-state index is 12.4. The Kier molecular flexibility index (Phi) is 8.08. The van der Waals surface area contributed by atoms with Crippen molar-refractivity contribution in [2.75, 3.05) is 42.5 Å². The molecule has 0 aliphatic carbocycles. The van der Waals surface area contributed by atoms with E-state index in [0.717, 1.165) is 16.8 Å². The number of nitrogen functional groups attached to an aromatic ring is 1. The Morgan fingerprint density at radius 3 is 2.46 bits per heavy atom. The second-order valence-corrected chi connectivity index (χ2v) is 11.5. The molecule has 4 N–H and O–H groups in total. The summed E-state index contributed by atoms with van der Waals surface area (Å²) in [5.74, 6) is 0.808. The summed E-state index contributed by atoms with van der Waals surface area (Å²) in [6.45, 7) is 8.82. The van der Waals surface area contributed by atoms with Crippen LogP contribution in [0.3, 0.4) is 0 Å². The van der Waals surface area contributed by atoms with Gasteiger partial charge in [0.25, 0.3) is 0 Å². The first-order chi connectivity index (χ1) is 19.6. The number of halogens is 1. The largest absolute Gasteiger partial charge is 0.444 e. The van der Waals surface area contributed by atoms with Gasteiger partial charge in [0.15, 0.2) is 5.82 Å². The Hall–Kier alpha value is -4.23. The number of fused-ring (bicyclic) bond motifs is 1. The molecule has 0 atom stereocenters. The van der Waals surface area contributed by atoms with E-state index in [9.17, 15) is 9.59 Å². The minimum absolute atomic E-state index is 0.284. The van der Waals surface area contributed by atoms with Gasteiger partial charge in [0.2, 0.25) is 0 Å². The van der Waals surface area contributed by atoms with Crippen molar-refractivity contribution < 1.29 is 14.3 Å². The zero-order valence-corrected chi connectivity index (χ0v) is 24.7. The Bertz CT molecular complexity index is 1560. The molecular weight excluding hydrogens is 590 g/mol. The van der Waals surface area contributed by atoms with Gasteiger partial charge in [-0.1, -0.05) is 18.2 Å². The third-order valence-corrected chi connectivity index (χ3v) is 6.92. The van der Waals surface area contributed by atoms with Crippen LogP contribution in [-0.2, 0) is 11.3 Å². The van der Waals surface area contributed by atoms with Gasteiger partial charge in [0.05, 0.1) is 5.69 Å². The van der Waals surface area contributed by atoms with Crippen molar-refractivity contribution in [2.24, 2.45) is 0 Å². The molecule has 1 aliphatic heterocycles. The summed E-state index contributed by atoms with van der Waals surface area (Å²) in [5, 5.41) is 10.0. The number of benzene rings is 1. The van der Waals surface area contributed by atoms with E-state index < -0.39 is 11.6 Å². The van der Waals surface area contributed by atoms with E-state index in [2.05, 4.69) is 52.6 Å². The Balaban J connectivity index is 1.28. The van der Waals surface area contributed by atoms with Crippen molar-refractivity contribution in [1.82, 2.24) is 29.4 Å². The van der Waals surface area contributed by atoms with Crippen LogP contribution in [0.4, 0.5) is 26.9 Å². The number of rotatable bonds is 5. The van der Waals surface area contributed by atoms with Crippen LogP contribution in [0.15, 0.2) is 59.5 Å². The summed E-state index contributed by atoms with van der Waals surface area (Å²) in [5.41, 5.74) is 9.87. The van der Waals surface area contributed by atoms with E-state index in [0.29, 0.717) is 60.2 Å². The Morgan fingerprint density at radius 1 is 1.05 bits per heavy atom.